The fraction of sp³-hybridized carbons (Fsp3) is 0.571. The Labute approximate surface area is 131 Å². The van der Waals surface area contributed by atoms with Crippen molar-refractivity contribution in [3.05, 3.63) is 33.0 Å². The third-order valence-electron chi connectivity index (χ3n) is 3.59. The van der Waals surface area contributed by atoms with E-state index in [0.29, 0.717) is 10.0 Å². The van der Waals surface area contributed by atoms with Crippen LogP contribution in [0.25, 0.3) is 0 Å². The van der Waals surface area contributed by atoms with Gasteiger partial charge in [0.15, 0.2) is 0 Å². The van der Waals surface area contributed by atoms with Crippen molar-refractivity contribution in [2.75, 3.05) is 12.8 Å². The fourth-order valence-electron chi connectivity index (χ4n) is 2.43. The number of benzene rings is 1. The van der Waals surface area contributed by atoms with Crippen molar-refractivity contribution in [2.24, 2.45) is 0 Å². The van der Waals surface area contributed by atoms with Gasteiger partial charge in [0.25, 0.3) is 0 Å². The van der Waals surface area contributed by atoms with Crippen molar-refractivity contribution in [3.63, 3.8) is 0 Å². The van der Waals surface area contributed by atoms with Crippen molar-refractivity contribution in [1.82, 2.24) is 5.32 Å². The molecule has 1 saturated carbocycles. The first-order chi connectivity index (χ1) is 9.13. The quantitative estimate of drug-likeness (QED) is 0.721. The zero-order valence-electron chi connectivity index (χ0n) is 10.9. The summed E-state index contributed by atoms with van der Waals surface area (Å²) in [7, 11) is 1.87. The lowest BCUT2D eigenvalue weighted by atomic mass is 10.1. The molecule has 0 amide bonds. The predicted molar refractivity (Wildman–Crippen MR) is 85.6 cm³/mol. The maximum Gasteiger partial charge on any atom is 0.147 e. The van der Waals surface area contributed by atoms with Gasteiger partial charge in [-0.1, -0.05) is 30.5 Å². The van der Waals surface area contributed by atoms with E-state index in [1.54, 1.807) is 0 Å². The van der Waals surface area contributed by atoms with Gasteiger partial charge in [-0.2, -0.15) is 11.8 Å². The lowest BCUT2D eigenvalue weighted by Crippen LogP contribution is -2.21. The lowest BCUT2D eigenvalue weighted by molar-refractivity contribution is 0.565. The summed E-state index contributed by atoms with van der Waals surface area (Å²) in [6.45, 7) is 0. The van der Waals surface area contributed by atoms with E-state index in [9.17, 15) is 4.39 Å². The summed E-state index contributed by atoms with van der Waals surface area (Å²) in [4.78, 5) is 0. The van der Waals surface area contributed by atoms with Crippen LogP contribution < -0.4 is 5.32 Å². The van der Waals surface area contributed by atoms with Crippen molar-refractivity contribution < 1.29 is 4.39 Å². The van der Waals surface area contributed by atoms with E-state index < -0.39 is 0 Å². The highest BCUT2D eigenvalue weighted by molar-refractivity contribution is 9.10. The molecule has 1 fully saturated rings. The molecule has 1 aliphatic rings. The number of hydrogen-bond acceptors (Lipinski definition) is 2. The van der Waals surface area contributed by atoms with Gasteiger partial charge in [0.05, 0.1) is 5.02 Å². The molecule has 0 aromatic heterocycles. The van der Waals surface area contributed by atoms with Crippen molar-refractivity contribution in [1.29, 1.82) is 0 Å². The van der Waals surface area contributed by atoms with Crippen LogP contribution in [0, 0.1) is 5.82 Å². The highest BCUT2D eigenvalue weighted by Gasteiger charge is 2.21. The summed E-state index contributed by atoms with van der Waals surface area (Å²) in [5, 5.41) is 4.11. The van der Waals surface area contributed by atoms with E-state index in [0.717, 1.165) is 11.0 Å². The van der Waals surface area contributed by atoms with Gasteiger partial charge in [0.1, 0.15) is 5.82 Å². The molecule has 1 N–H and O–H groups in total. The molecule has 5 heteroatoms. The summed E-state index contributed by atoms with van der Waals surface area (Å²) in [6, 6.07) is 3.63. The van der Waals surface area contributed by atoms with E-state index >= 15 is 0 Å². The predicted octanol–water partition coefficient (Wildman–Crippen LogP) is 5.18. The fourth-order valence-corrected chi connectivity index (χ4v) is 4.38. The summed E-state index contributed by atoms with van der Waals surface area (Å²) >= 11 is 11.1. The molecule has 1 aromatic rings. The van der Waals surface area contributed by atoms with Crippen LogP contribution in [-0.4, -0.2) is 18.1 Å². The van der Waals surface area contributed by atoms with Crippen LogP contribution in [0.3, 0.4) is 0 Å². The van der Waals surface area contributed by atoms with Gasteiger partial charge in [-0.05, 0) is 41.9 Å². The second kappa shape index (κ2) is 7.30. The van der Waals surface area contributed by atoms with Crippen LogP contribution >= 0.6 is 39.3 Å². The van der Waals surface area contributed by atoms with Gasteiger partial charge in [-0.15, -0.1) is 0 Å². The molecule has 19 heavy (non-hydrogen) atoms. The molecular formula is C14H18BrClFNS. The van der Waals surface area contributed by atoms with E-state index in [4.69, 9.17) is 11.6 Å². The molecule has 1 unspecified atom stereocenters. The Morgan fingerprint density at radius 1 is 1.47 bits per heavy atom. The molecule has 0 spiro atoms. The van der Waals surface area contributed by atoms with Crippen LogP contribution in [-0.2, 0) is 0 Å². The summed E-state index contributed by atoms with van der Waals surface area (Å²) < 4.78 is 14.8. The smallest absolute Gasteiger partial charge is 0.147 e. The molecule has 0 saturated heterocycles. The topological polar surface area (TPSA) is 12.0 Å². The molecule has 0 bridgehead atoms. The first kappa shape index (κ1) is 15.6. The van der Waals surface area contributed by atoms with E-state index in [2.05, 4.69) is 21.2 Å². The zero-order chi connectivity index (χ0) is 13.8. The molecule has 1 aromatic carbocycles. The summed E-state index contributed by atoms with van der Waals surface area (Å²) in [6.07, 6.45) is 5.26. The maximum absolute atomic E-state index is 14.2. The minimum atomic E-state index is -0.317. The Morgan fingerprint density at radius 2 is 2.16 bits per heavy atom. The Bertz CT molecular complexity index is 438. The number of hydrogen-bond donors (Lipinski definition) is 1. The second-order valence-electron chi connectivity index (χ2n) is 4.85. The average molecular weight is 367 g/mol. The van der Waals surface area contributed by atoms with Crippen LogP contribution in [0.5, 0.6) is 0 Å². The molecule has 0 heterocycles. The van der Waals surface area contributed by atoms with Crippen LogP contribution in [0.15, 0.2) is 16.6 Å². The van der Waals surface area contributed by atoms with Gasteiger partial charge < -0.3 is 5.32 Å². The van der Waals surface area contributed by atoms with Crippen LogP contribution in [0.1, 0.15) is 37.3 Å². The Kier molecular flexibility index (Phi) is 6.00. The van der Waals surface area contributed by atoms with Crippen molar-refractivity contribution >= 4 is 39.3 Å². The van der Waals surface area contributed by atoms with E-state index in [1.807, 2.05) is 30.9 Å². The third kappa shape index (κ3) is 3.87. The SMILES string of the molecule is CNC(CSC1CCCC1)c1ccc(Br)c(Cl)c1F. The van der Waals surface area contributed by atoms with E-state index in [-0.39, 0.29) is 16.9 Å². The Morgan fingerprint density at radius 3 is 2.79 bits per heavy atom. The van der Waals surface area contributed by atoms with Crippen LogP contribution in [0.2, 0.25) is 5.02 Å². The van der Waals surface area contributed by atoms with Crippen molar-refractivity contribution in [3.8, 4) is 0 Å². The highest BCUT2D eigenvalue weighted by Crippen LogP contribution is 2.35. The summed E-state index contributed by atoms with van der Waals surface area (Å²) in [5.74, 6) is 0.568. The Hall–Kier alpha value is 0.230. The van der Waals surface area contributed by atoms with Crippen LogP contribution in [0.4, 0.5) is 4.39 Å². The minimum absolute atomic E-state index is 0.0104. The van der Waals surface area contributed by atoms with Gasteiger partial charge in [-0.3, -0.25) is 0 Å². The number of thioether (sulfide) groups is 1. The highest BCUT2D eigenvalue weighted by atomic mass is 79.9. The molecule has 2 rings (SSSR count). The molecule has 1 atom stereocenters. The zero-order valence-corrected chi connectivity index (χ0v) is 14.0. The number of halogens is 3. The third-order valence-corrected chi connectivity index (χ3v) is 6.32. The first-order valence-corrected chi connectivity index (χ1v) is 8.77. The molecule has 106 valence electrons. The minimum Gasteiger partial charge on any atom is -0.312 e. The summed E-state index contributed by atoms with van der Waals surface area (Å²) in [5.41, 5.74) is 0.654. The average Bonchev–Trinajstić information content (AvgIpc) is 2.92. The van der Waals surface area contributed by atoms with Gasteiger partial charge in [0.2, 0.25) is 0 Å². The van der Waals surface area contributed by atoms with Gasteiger partial charge >= 0.3 is 0 Å². The number of nitrogens with one attached hydrogen (secondary N) is 1. The van der Waals surface area contributed by atoms with E-state index in [1.165, 1.54) is 25.7 Å². The lowest BCUT2D eigenvalue weighted by Gasteiger charge is -2.20. The Balaban J connectivity index is 2.06. The normalized spacial score (nSPS) is 17.9. The number of rotatable bonds is 5. The van der Waals surface area contributed by atoms with Crippen molar-refractivity contribution in [2.45, 2.75) is 37.0 Å². The molecule has 1 nitrogen and oxygen atoms in total. The first-order valence-electron chi connectivity index (χ1n) is 6.55. The molecular weight excluding hydrogens is 349 g/mol. The molecule has 0 radical (unpaired) electrons. The van der Waals surface area contributed by atoms with Gasteiger partial charge in [0, 0.05) is 27.1 Å². The maximum atomic E-state index is 14.2. The molecule has 0 aliphatic heterocycles. The molecule has 1 aliphatic carbocycles. The standard InChI is InChI=1S/C14H18BrClFNS/c1-18-12(8-19-9-4-2-3-5-9)10-6-7-11(15)13(16)14(10)17/h6-7,9,12,18H,2-5,8H2,1H3. The largest absolute Gasteiger partial charge is 0.312 e. The second-order valence-corrected chi connectivity index (χ2v) is 7.41. The monoisotopic (exact) mass is 365 g/mol. The van der Waals surface area contributed by atoms with Gasteiger partial charge in [-0.25, -0.2) is 4.39 Å².